The summed E-state index contributed by atoms with van der Waals surface area (Å²) in [7, 11) is 0. The van der Waals surface area contributed by atoms with Gasteiger partial charge in [-0.25, -0.2) is 0 Å². The van der Waals surface area contributed by atoms with Crippen LogP contribution in [0, 0.1) is 0 Å². The Morgan fingerprint density at radius 1 is 1.14 bits per heavy atom. The number of amides is 1. The van der Waals surface area contributed by atoms with Crippen molar-refractivity contribution in [1.29, 1.82) is 0 Å². The molecule has 0 bridgehead atoms. The van der Waals surface area contributed by atoms with Crippen LogP contribution in [0.25, 0.3) is 0 Å². The number of nitrogens with one attached hydrogen (secondary N) is 2. The van der Waals surface area contributed by atoms with Crippen LogP contribution in [-0.2, 0) is 9.59 Å². The molecule has 1 amide bonds. The molecule has 1 atom stereocenters. The minimum Gasteiger partial charge on any atom is -0.352 e. The van der Waals surface area contributed by atoms with Crippen molar-refractivity contribution in [3.05, 3.63) is 0 Å². The fourth-order valence-electron chi connectivity index (χ4n) is 3.02. The van der Waals surface area contributed by atoms with Gasteiger partial charge in [0.05, 0.1) is 0 Å². The van der Waals surface area contributed by atoms with Gasteiger partial charge in [-0.1, -0.05) is 32.6 Å². The summed E-state index contributed by atoms with van der Waals surface area (Å²) >= 11 is 0. The fraction of sp³-hybridized carbons (Fsp3) is 0.882. The Kier molecular flexibility index (Phi) is 9.31. The number of rotatable bonds is 11. The van der Waals surface area contributed by atoms with Crippen LogP contribution < -0.4 is 10.6 Å². The molecule has 1 saturated carbocycles. The first kappa shape index (κ1) is 18.1. The largest absolute Gasteiger partial charge is 0.352 e. The number of ketones is 1. The molecule has 4 heteroatoms. The van der Waals surface area contributed by atoms with Gasteiger partial charge in [0.2, 0.25) is 5.91 Å². The Morgan fingerprint density at radius 3 is 2.48 bits per heavy atom. The summed E-state index contributed by atoms with van der Waals surface area (Å²) < 4.78 is 0. The Labute approximate surface area is 129 Å². The Hall–Kier alpha value is -0.900. The third-order valence-electron chi connectivity index (χ3n) is 4.32. The smallest absolute Gasteiger partial charge is 0.217 e. The van der Waals surface area contributed by atoms with E-state index in [4.69, 9.17) is 0 Å². The zero-order valence-electron chi connectivity index (χ0n) is 13.7. The van der Waals surface area contributed by atoms with E-state index in [1.807, 2.05) is 6.92 Å². The molecule has 2 N–H and O–H groups in total. The highest BCUT2D eigenvalue weighted by atomic mass is 16.1. The normalized spacial score (nSPS) is 16.9. The molecule has 1 rings (SSSR count). The van der Waals surface area contributed by atoms with Crippen molar-refractivity contribution in [3.8, 4) is 0 Å². The highest BCUT2D eigenvalue weighted by molar-refractivity contribution is 5.77. The maximum Gasteiger partial charge on any atom is 0.217 e. The summed E-state index contributed by atoms with van der Waals surface area (Å²) in [6, 6.07) is 0.869. The molecule has 1 aliphatic carbocycles. The summed E-state index contributed by atoms with van der Waals surface area (Å²) in [5.74, 6) is 0.408. The van der Waals surface area contributed by atoms with E-state index in [-0.39, 0.29) is 11.9 Å². The molecule has 1 fully saturated rings. The minimum absolute atomic E-state index is 0.0504. The van der Waals surface area contributed by atoms with E-state index in [1.165, 1.54) is 25.7 Å². The van der Waals surface area contributed by atoms with Gasteiger partial charge in [0.1, 0.15) is 5.78 Å². The molecular weight excluding hydrogens is 264 g/mol. The first-order chi connectivity index (χ1) is 10.1. The maximum atomic E-state index is 11.3. The molecular formula is C17H32N2O2. The van der Waals surface area contributed by atoms with Crippen LogP contribution in [0.4, 0.5) is 0 Å². The van der Waals surface area contributed by atoms with Gasteiger partial charge in [0.25, 0.3) is 0 Å². The van der Waals surface area contributed by atoms with Crippen LogP contribution in [0.1, 0.15) is 78.1 Å². The van der Waals surface area contributed by atoms with Gasteiger partial charge in [-0.05, 0) is 25.7 Å². The first-order valence-electron chi connectivity index (χ1n) is 8.64. The van der Waals surface area contributed by atoms with Crippen molar-refractivity contribution in [2.45, 2.75) is 90.1 Å². The van der Waals surface area contributed by atoms with Crippen molar-refractivity contribution < 1.29 is 9.59 Å². The number of unbranched alkanes of at least 4 members (excludes halogenated alkanes) is 2. The van der Waals surface area contributed by atoms with Crippen LogP contribution in [0.3, 0.4) is 0 Å². The average Bonchev–Trinajstić information content (AvgIpc) is 2.96. The van der Waals surface area contributed by atoms with Crippen molar-refractivity contribution in [3.63, 3.8) is 0 Å². The van der Waals surface area contributed by atoms with Crippen molar-refractivity contribution in [2.24, 2.45) is 0 Å². The van der Waals surface area contributed by atoms with Crippen molar-refractivity contribution in [1.82, 2.24) is 10.6 Å². The van der Waals surface area contributed by atoms with E-state index in [1.54, 1.807) is 6.92 Å². The molecule has 0 heterocycles. The minimum atomic E-state index is 0.0504. The summed E-state index contributed by atoms with van der Waals surface area (Å²) in [6.45, 7) is 4.38. The van der Waals surface area contributed by atoms with Crippen molar-refractivity contribution >= 4 is 11.7 Å². The van der Waals surface area contributed by atoms with E-state index < -0.39 is 0 Å². The van der Waals surface area contributed by atoms with E-state index in [2.05, 4.69) is 10.6 Å². The van der Waals surface area contributed by atoms with Crippen molar-refractivity contribution in [2.75, 3.05) is 6.54 Å². The number of hydrogen-bond acceptors (Lipinski definition) is 3. The monoisotopic (exact) mass is 296 g/mol. The second kappa shape index (κ2) is 10.8. The third-order valence-corrected chi connectivity index (χ3v) is 4.32. The van der Waals surface area contributed by atoms with Crippen LogP contribution in [0.15, 0.2) is 0 Å². The topological polar surface area (TPSA) is 58.2 Å². The number of carbonyl (C=O) groups is 2. The second-order valence-corrected chi connectivity index (χ2v) is 6.28. The molecule has 1 unspecified atom stereocenters. The van der Waals surface area contributed by atoms with E-state index in [9.17, 15) is 9.59 Å². The van der Waals surface area contributed by atoms with Gasteiger partial charge < -0.3 is 10.6 Å². The lowest BCUT2D eigenvalue weighted by molar-refractivity contribution is -0.120. The standard InChI is InChI=1S/C17H32N2O2/c1-3-17(21)12-6-4-5-11-16(19-14(2)20)13-18-15-9-7-8-10-15/h15-16,18H,3-13H2,1-2H3,(H,19,20). The van der Waals surface area contributed by atoms with E-state index >= 15 is 0 Å². The van der Waals surface area contributed by atoms with Crippen LogP contribution in [-0.4, -0.2) is 30.3 Å². The summed E-state index contributed by atoms with van der Waals surface area (Å²) in [5, 5.41) is 6.63. The highest BCUT2D eigenvalue weighted by Crippen LogP contribution is 2.17. The predicted molar refractivity (Wildman–Crippen MR) is 86.2 cm³/mol. The SMILES string of the molecule is CCC(=O)CCCCCC(CNC1CCCC1)NC(C)=O. The summed E-state index contributed by atoms with van der Waals surface area (Å²) in [4.78, 5) is 22.5. The number of carbonyl (C=O) groups excluding carboxylic acids is 2. The Balaban J connectivity index is 2.16. The first-order valence-corrected chi connectivity index (χ1v) is 8.64. The second-order valence-electron chi connectivity index (χ2n) is 6.28. The molecule has 0 aromatic carbocycles. The molecule has 122 valence electrons. The Morgan fingerprint density at radius 2 is 1.86 bits per heavy atom. The number of Topliss-reactive ketones (excluding diaryl/α,β-unsaturated/α-hetero) is 1. The van der Waals surface area contributed by atoms with Crippen LogP contribution >= 0.6 is 0 Å². The van der Waals surface area contributed by atoms with Gasteiger partial charge in [-0.3, -0.25) is 9.59 Å². The zero-order valence-corrected chi connectivity index (χ0v) is 13.7. The lowest BCUT2D eigenvalue weighted by Gasteiger charge is -2.21. The summed E-state index contributed by atoms with van der Waals surface area (Å²) in [6.07, 6.45) is 10.7. The molecule has 0 aromatic rings. The van der Waals surface area contributed by atoms with E-state index in [0.717, 1.165) is 32.2 Å². The lowest BCUT2D eigenvalue weighted by atomic mass is 10.0. The van der Waals surface area contributed by atoms with Gasteiger partial charge >= 0.3 is 0 Å². The van der Waals surface area contributed by atoms with Gasteiger partial charge in [0, 0.05) is 38.4 Å². The molecule has 0 radical (unpaired) electrons. The van der Waals surface area contributed by atoms with E-state index in [0.29, 0.717) is 24.7 Å². The molecule has 1 aliphatic rings. The maximum absolute atomic E-state index is 11.3. The third kappa shape index (κ3) is 8.86. The van der Waals surface area contributed by atoms with Gasteiger partial charge in [0.15, 0.2) is 0 Å². The quantitative estimate of drug-likeness (QED) is 0.576. The molecule has 0 saturated heterocycles. The van der Waals surface area contributed by atoms with Crippen LogP contribution in [0.5, 0.6) is 0 Å². The number of hydrogen-bond donors (Lipinski definition) is 2. The predicted octanol–water partition coefficient (Wildman–Crippen LogP) is 2.95. The molecule has 0 spiro atoms. The molecule has 0 aromatic heterocycles. The molecule has 21 heavy (non-hydrogen) atoms. The lowest BCUT2D eigenvalue weighted by Crippen LogP contribution is -2.43. The van der Waals surface area contributed by atoms with Gasteiger partial charge in [-0.15, -0.1) is 0 Å². The van der Waals surface area contributed by atoms with Crippen LogP contribution in [0.2, 0.25) is 0 Å². The molecule has 0 aliphatic heterocycles. The highest BCUT2D eigenvalue weighted by Gasteiger charge is 2.17. The average molecular weight is 296 g/mol. The fourth-order valence-corrected chi connectivity index (χ4v) is 3.02. The summed E-state index contributed by atoms with van der Waals surface area (Å²) in [5.41, 5.74) is 0. The molecule has 4 nitrogen and oxygen atoms in total. The Bertz CT molecular complexity index is 312. The zero-order chi connectivity index (χ0) is 15.5. The van der Waals surface area contributed by atoms with Gasteiger partial charge in [-0.2, -0.15) is 0 Å².